The fourth-order valence-corrected chi connectivity index (χ4v) is 0.870. The molecule has 11 heavy (non-hydrogen) atoms. The molecule has 2 rings (SSSR count). The Bertz CT molecular complexity index is 315. The van der Waals surface area contributed by atoms with Crippen LogP contribution in [0.2, 0.25) is 0 Å². The van der Waals surface area contributed by atoms with Gasteiger partial charge >= 0.3 is 6.01 Å². The highest BCUT2D eigenvalue weighted by Gasteiger charge is 2.07. The second kappa shape index (κ2) is 2.54. The fourth-order valence-electron chi connectivity index (χ4n) is 0.870. The van der Waals surface area contributed by atoms with Gasteiger partial charge in [-0.05, 0) is 17.1 Å². The molecule has 0 bridgehead atoms. The molecule has 54 valence electrons. The minimum atomic E-state index is 0.589. The number of pyridine rings is 1. The van der Waals surface area contributed by atoms with Crippen LogP contribution in [0.4, 0.5) is 0 Å². The lowest BCUT2D eigenvalue weighted by Gasteiger charge is -1.86. The van der Waals surface area contributed by atoms with Crippen molar-refractivity contribution in [1.82, 2.24) is 4.98 Å². The Morgan fingerprint density at radius 1 is 1.18 bits per heavy atom. The van der Waals surface area contributed by atoms with Crippen molar-refractivity contribution in [2.75, 3.05) is 0 Å². The lowest BCUT2D eigenvalue weighted by molar-refractivity contribution is -0.613. The average Bonchev–Trinajstić information content (AvgIpc) is 2.58. The first kappa shape index (κ1) is 6.09. The van der Waals surface area contributed by atoms with E-state index in [1.165, 1.54) is 0 Å². The average molecular weight is 147 g/mol. The van der Waals surface area contributed by atoms with Gasteiger partial charge in [-0.25, -0.2) is 0 Å². The Balaban J connectivity index is 2.46. The third-order valence-electron chi connectivity index (χ3n) is 1.36. The van der Waals surface area contributed by atoms with Gasteiger partial charge in [-0.2, -0.15) is 4.57 Å². The molecule has 0 saturated heterocycles. The molecule has 0 amide bonds. The standard InChI is InChI=1S/C8H7N2O/c1-2-5-10(6-3-1)8-9-4-7-11-8/h1-7H/q+1. The van der Waals surface area contributed by atoms with E-state index in [1.54, 1.807) is 17.0 Å². The zero-order valence-electron chi connectivity index (χ0n) is 5.84. The molecule has 0 saturated carbocycles. The highest BCUT2D eigenvalue weighted by Crippen LogP contribution is 1.91. The van der Waals surface area contributed by atoms with Crippen molar-refractivity contribution < 1.29 is 8.98 Å². The van der Waals surface area contributed by atoms with Gasteiger partial charge in [0, 0.05) is 0 Å². The van der Waals surface area contributed by atoms with Gasteiger partial charge in [-0.3, -0.25) is 0 Å². The van der Waals surface area contributed by atoms with E-state index < -0.39 is 0 Å². The van der Waals surface area contributed by atoms with E-state index in [4.69, 9.17) is 4.42 Å². The third-order valence-corrected chi connectivity index (χ3v) is 1.36. The lowest BCUT2D eigenvalue weighted by Crippen LogP contribution is -2.29. The molecular formula is C8H7N2O+. The summed E-state index contributed by atoms with van der Waals surface area (Å²) < 4.78 is 6.88. The van der Waals surface area contributed by atoms with E-state index >= 15 is 0 Å². The topological polar surface area (TPSA) is 29.9 Å². The molecule has 0 N–H and O–H groups in total. The lowest BCUT2D eigenvalue weighted by atomic mass is 10.5. The van der Waals surface area contributed by atoms with Crippen molar-refractivity contribution in [3.05, 3.63) is 43.1 Å². The summed E-state index contributed by atoms with van der Waals surface area (Å²) in [4.78, 5) is 3.98. The van der Waals surface area contributed by atoms with Crippen molar-refractivity contribution in [3.8, 4) is 6.01 Å². The molecule has 0 fully saturated rings. The van der Waals surface area contributed by atoms with Crippen LogP contribution in [0.25, 0.3) is 6.01 Å². The number of rotatable bonds is 1. The summed E-state index contributed by atoms with van der Waals surface area (Å²) in [5.41, 5.74) is 0. The van der Waals surface area contributed by atoms with Crippen LogP contribution >= 0.6 is 0 Å². The summed E-state index contributed by atoms with van der Waals surface area (Å²) in [5.74, 6) is 0. The molecule has 0 unspecified atom stereocenters. The van der Waals surface area contributed by atoms with Crippen molar-refractivity contribution in [3.63, 3.8) is 0 Å². The van der Waals surface area contributed by atoms with Crippen molar-refractivity contribution in [2.45, 2.75) is 0 Å². The Hall–Kier alpha value is -1.64. The van der Waals surface area contributed by atoms with E-state index in [-0.39, 0.29) is 0 Å². The predicted molar refractivity (Wildman–Crippen MR) is 38.0 cm³/mol. The Morgan fingerprint density at radius 3 is 2.64 bits per heavy atom. The number of aromatic nitrogens is 2. The molecule has 0 radical (unpaired) electrons. The van der Waals surface area contributed by atoms with Gasteiger partial charge in [-0.1, -0.05) is 6.07 Å². The van der Waals surface area contributed by atoms with Crippen LogP contribution in [-0.2, 0) is 0 Å². The molecule has 0 aromatic carbocycles. The molecule has 0 aliphatic heterocycles. The van der Waals surface area contributed by atoms with E-state index in [0.29, 0.717) is 6.01 Å². The minimum Gasteiger partial charge on any atom is -0.393 e. The summed E-state index contributed by atoms with van der Waals surface area (Å²) in [7, 11) is 0. The van der Waals surface area contributed by atoms with Crippen LogP contribution in [0.1, 0.15) is 0 Å². The maximum absolute atomic E-state index is 5.07. The molecule has 0 atom stereocenters. The maximum atomic E-state index is 5.07. The zero-order valence-corrected chi connectivity index (χ0v) is 5.84. The van der Waals surface area contributed by atoms with Crippen LogP contribution in [0.5, 0.6) is 0 Å². The van der Waals surface area contributed by atoms with E-state index in [1.807, 2.05) is 30.6 Å². The van der Waals surface area contributed by atoms with E-state index in [9.17, 15) is 0 Å². The normalized spacial score (nSPS) is 9.82. The summed E-state index contributed by atoms with van der Waals surface area (Å²) in [6, 6.07) is 6.37. The van der Waals surface area contributed by atoms with Gasteiger partial charge in [0.25, 0.3) is 0 Å². The van der Waals surface area contributed by atoms with Gasteiger partial charge in [0.2, 0.25) is 0 Å². The molecule has 3 nitrogen and oxygen atoms in total. The zero-order chi connectivity index (χ0) is 7.52. The number of hydrogen-bond donors (Lipinski definition) is 0. The van der Waals surface area contributed by atoms with Gasteiger partial charge in [0.15, 0.2) is 6.20 Å². The van der Waals surface area contributed by atoms with Crippen LogP contribution in [0.3, 0.4) is 0 Å². The third kappa shape index (κ3) is 1.12. The van der Waals surface area contributed by atoms with Crippen molar-refractivity contribution >= 4 is 0 Å². The monoisotopic (exact) mass is 147 g/mol. The summed E-state index contributed by atoms with van der Waals surface area (Å²) in [6.07, 6.45) is 6.93. The SMILES string of the molecule is c1cc[n+](-c2ncco2)cc1. The minimum absolute atomic E-state index is 0.589. The van der Waals surface area contributed by atoms with Gasteiger partial charge in [-0.15, -0.1) is 0 Å². The Labute approximate surface area is 63.9 Å². The molecule has 2 aromatic heterocycles. The molecule has 2 aromatic rings. The quantitative estimate of drug-likeness (QED) is 0.562. The smallest absolute Gasteiger partial charge is 0.393 e. The van der Waals surface area contributed by atoms with Gasteiger partial charge in [0.1, 0.15) is 6.26 Å². The molecule has 0 spiro atoms. The highest BCUT2D eigenvalue weighted by molar-refractivity contribution is 4.90. The van der Waals surface area contributed by atoms with Gasteiger partial charge in [0.05, 0.1) is 12.4 Å². The van der Waals surface area contributed by atoms with Crippen LogP contribution in [0.15, 0.2) is 47.5 Å². The number of oxazole rings is 1. The second-order valence-electron chi connectivity index (χ2n) is 2.10. The van der Waals surface area contributed by atoms with Gasteiger partial charge < -0.3 is 4.42 Å². The van der Waals surface area contributed by atoms with E-state index in [0.717, 1.165) is 0 Å². The van der Waals surface area contributed by atoms with Crippen LogP contribution < -0.4 is 4.57 Å². The summed E-state index contributed by atoms with van der Waals surface area (Å²) in [5, 5.41) is 0. The summed E-state index contributed by atoms with van der Waals surface area (Å²) in [6.45, 7) is 0. The van der Waals surface area contributed by atoms with Crippen LogP contribution in [-0.4, -0.2) is 4.98 Å². The number of hydrogen-bond acceptors (Lipinski definition) is 2. The van der Waals surface area contributed by atoms with Crippen molar-refractivity contribution in [1.29, 1.82) is 0 Å². The predicted octanol–water partition coefficient (Wildman–Crippen LogP) is 0.951. The van der Waals surface area contributed by atoms with Crippen LogP contribution in [0, 0.1) is 0 Å². The maximum Gasteiger partial charge on any atom is 0.508 e. The Morgan fingerprint density at radius 2 is 2.00 bits per heavy atom. The highest BCUT2D eigenvalue weighted by atomic mass is 16.4. The summed E-state index contributed by atoms with van der Waals surface area (Å²) >= 11 is 0. The Kier molecular flexibility index (Phi) is 1.41. The largest absolute Gasteiger partial charge is 0.508 e. The fraction of sp³-hybridized carbons (Fsp3) is 0. The molecule has 0 aliphatic carbocycles. The van der Waals surface area contributed by atoms with E-state index in [2.05, 4.69) is 4.98 Å². The first-order valence-electron chi connectivity index (χ1n) is 3.33. The first-order chi connectivity index (χ1) is 5.47. The first-order valence-corrected chi connectivity index (χ1v) is 3.33. The second-order valence-corrected chi connectivity index (χ2v) is 2.10. The molecule has 0 aliphatic rings. The molecule has 3 heteroatoms. The molecular weight excluding hydrogens is 140 g/mol. The molecule has 2 heterocycles. The number of nitrogens with zero attached hydrogens (tertiary/aromatic N) is 2. The van der Waals surface area contributed by atoms with Crippen molar-refractivity contribution in [2.24, 2.45) is 0 Å².